The normalized spacial score (nSPS) is 18.4. The number of halogens is 1. The van der Waals surface area contributed by atoms with E-state index in [1.807, 2.05) is 30.3 Å². The zero-order valence-corrected chi connectivity index (χ0v) is 19.5. The first-order chi connectivity index (χ1) is 16.3. The van der Waals surface area contributed by atoms with Crippen molar-refractivity contribution in [2.45, 2.75) is 38.6 Å². The second-order valence-corrected chi connectivity index (χ2v) is 9.36. The first kappa shape index (κ1) is 23.5. The van der Waals surface area contributed by atoms with Gasteiger partial charge in [0.2, 0.25) is 11.9 Å². The van der Waals surface area contributed by atoms with E-state index < -0.39 is 11.4 Å². The van der Waals surface area contributed by atoms with E-state index in [9.17, 15) is 9.18 Å². The maximum Gasteiger partial charge on any atom is 0.231 e. The number of likely N-dealkylation sites (tertiary alicyclic amines) is 1. The molecule has 1 N–H and O–H groups in total. The minimum Gasteiger partial charge on any atom is -0.324 e. The molecule has 6 nitrogen and oxygen atoms in total. The van der Waals surface area contributed by atoms with E-state index in [2.05, 4.69) is 40.1 Å². The number of hydrogen-bond donors (Lipinski definition) is 1. The summed E-state index contributed by atoms with van der Waals surface area (Å²) in [6, 6.07) is 18.3. The number of carbonyl (C=O) groups is 1. The minimum atomic E-state index is -0.631. The summed E-state index contributed by atoms with van der Waals surface area (Å²) in [5.41, 5.74) is 2.16. The number of nitrogens with one attached hydrogen (secondary N) is 1. The van der Waals surface area contributed by atoms with E-state index in [1.54, 1.807) is 18.3 Å². The third kappa shape index (κ3) is 4.97. The quantitative estimate of drug-likeness (QED) is 0.521. The number of rotatable bonds is 7. The molecule has 0 spiro atoms. The van der Waals surface area contributed by atoms with Crippen molar-refractivity contribution in [3.63, 3.8) is 0 Å². The molecule has 7 heteroatoms. The van der Waals surface area contributed by atoms with E-state index in [1.165, 1.54) is 18.3 Å². The highest BCUT2D eigenvalue weighted by Gasteiger charge is 2.48. The Labute approximate surface area is 199 Å². The summed E-state index contributed by atoms with van der Waals surface area (Å²) in [6.07, 6.45) is 5.18. The zero-order valence-electron chi connectivity index (χ0n) is 19.5. The van der Waals surface area contributed by atoms with Crippen molar-refractivity contribution in [2.24, 2.45) is 5.41 Å². The van der Waals surface area contributed by atoms with Gasteiger partial charge in [0.25, 0.3) is 0 Å². The van der Waals surface area contributed by atoms with Crippen LogP contribution in [0.25, 0.3) is 0 Å². The highest BCUT2D eigenvalue weighted by atomic mass is 19.1. The molecule has 0 saturated carbocycles. The molecule has 3 heterocycles. The van der Waals surface area contributed by atoms with Crippen molar-refractivity contribution in [2.75, 3.05) is 18.4 Å². The van der Waals surface area contributed by atoms with Gasteiger partial charge in [-0.15, -0.1) is 0 Å². The number of carbonyl (C=O) groups excluding carboxylic acids is 1. The molecule has 0 radical (unpaired) electrons. The smallest absolute Gasteiger partial charge is 0.231 e. The standard InChI is InChI=1S/C27H28FN5O/c1-26(2,23-5-3-4-15-30-23)33-16-14-27(19-33,13-12-20-6-8-21(17-29)9-7-20)25(34)32-22-10-11-24(28)31-18-22/h3-11,15,18H,12-14,16,19H2,1-2H3,(H,32,34)/t27-/m1/s1. The van der Waals surface area contributed by atoms with Crippen LogP contribution in [0.1, 0.15) is 43.5 Å². The lowest BCUT2D eigenvalue weighted by molar-refractivity contribution is -0.125. The Kier molecular flexibility index (Phi) is 6.71. The van der Waals surface area contributed by atoms with Gasteiger partial charge in [-0.1, -0.05) is 18.2 Å². The highest BCUT2D eigenvalue weighted by Crippen LogP contribution is 2.42. The van der Waals surface area contributed by atoms with E-state index in [0.29, 0.717) is 37.1 Å². The molecule has 3 aromatic rings. The molecule has 1 aliphatic heterocycles. The Morgan fingerprint density at radius 3 is 2.62 bits per heavy atom. The third-order valence-electron chi connectivity index (χ3n) is 6.88. The van der Waals surface area contributed by atoms with Gasteiger partial charge in [0.05, 0.1) is 40.2 Å². The number of nitrogens with zero attached hydrogens (tertiary/aromatic N) is 4. The predicted octanol–water partition coefficient (Wildman–Crippen LogP) is 4.69. The second-order valence-electron chi connectivity index (χ2n) is 9.36. The Bertz CT molecular complexity index is 1170. The maximum absolute atomic E-state index is 13.6. The number of aromatic nitrogens is 2. The zero-order chi connectivity index (χ0) is 24.2. The predicted molar refractivity (Wildman–Crippen MR) is 128 cm³/mol. The summed E-state index contributed by atoms with van der Waals surface area (Å²) in [5.74, 6) is -0.674. The molecule has 1 atom stereocenters. The number of pyridine rings is 2. The van der Waals surface area contributed by atoms with Gasteiger partial charge in [0.1, 0.15) is 0 Å². The number of hydrogen-bond acceptors (Lipinski definition) is 5. The molecule has 2 aromatic heterocycles. The van der Waals surface area contributed by atoms with Crippen molar-refractivity contribution in [3.05, 3.63) is 89.8 Å². The van der Waals surface area contributed by atoms with Crippen LogP contribution in [0.3, 0.4) is 0 Å². The van der Waals surface area contributed by atoms with Gasteiger partial charge in [-0.3, -0.25) is 14.7 Å². The van der Waals surface area contributed by atoms with Gasteiger partial charge in [-0.05, 0) is 75.1 Å². The number of amides is 1. The largest absolute Gasteiger partial charge is 0.324 e. The van der Waals surface area contributed by atoms with E-state index >= 15 is 0 Å². The van der Waals surface area contributed by atoms with Crippen LogP contribution in [-0.4, -0.2) is 33.9 Å². The average molecular weight is 458 g/mol. The maximum atomic E-state index is 13.6. The fourth-order valence-corrected chi connectivity index (χ4v) is 4.58. The van der Waals surface area contributed by atoms with Crippen molar-refractivity contribution < 1.29 is 9.18 Å². The summed E-state index contributed by atoms with van der Waals surface area (Å²) in [6.45, 7) is 5.60. The van der Waals surface area contributed by atoms with Gasteiger partial charge in [-0.2, -0.15) is 9.65 Å². The number of anilines is 1. The molecule has 0 bridgehead atoms. The van der Waals surface area contributed by atoms with Crippen molar-refractivity contribution >= 4 is 11.6 Å². The van der Waals surface area contributed by atoms with Crippen LogP contribution in [0, 0.1) is 22.7 Å². The molecule has 0 unspecified atom stereocenters. The molecule has 1 aromatic carbocycles. The SMILES string of the molecule is CC(C)(c1ccccn1)N1CC[C@@](CCc2ccc(C#N)cc2)(C(=O)Nc2ccc(F)nc2)C1. The van der Waals surface area contributed by atoms with Crippen molar-refractivity contribution in [3.8, 4) is 6.07 Å². The number of benzene rings is 1. The lowest BCUT2D eigenvalue weighted by Gasteiger charge is -2.37. The average Bonchev–Trinajstić information content (AvgIpc) is 3.32. The van der Waals surface area contributed by atoms with Crippen LogP contribution in [-0.2, 0) is 16.8 Å². The van der Waals surface area contributed by atoms with Gasteiger partial charge in [0, 0.05) is 19.3 Å². The number of aryl methyl sites for hydroxylation is 1. The Morgan fingerprint density at radius 2 is 1.97 bits per heavy atom. The van der Waals surface area contributed by atoms with Gasteiger partial charge < -0.3 is 5.32 Å². The van der Waals surface area contributed by atoms with E-state index in [0.717, 1.165) is 17.8 Å². The van der Waals surface area contributed by atoms with Crippen molar-refractivity contribution in [1.82, 2.24) is 14.9 Å². The Hall–Kier alpha value is -3.63. The topological polar surface area (TPSA) is 81.9 Å². The van der Waals surface area contributed by atoms with Crippen LogP contribution in [0.15, 0.2) is 67.0 Å². The molecule has 1 saturated heterocycles. The number of nitriles is 1. The summed E-state index contributed by atoms with van der Waals surface area (Å²) >= 11 is 0. The molecule has 1 fully saturated rings. The van der Waals surface area contributed by atoms with Gasteiger partial charge in [-0.25, -0.2) is 4.98 Å². The molecule has 174 valence electrons. The van der Waals surface area contributed by atoms with E-state index in [4.69, 9.17) is 5.26 Å². The van der Waals surface area contributed by atoms with Crippen LogP contribution in [0.5, 0.6) is 0 Å². The summed E-state index contributed by atoms with van der Waals surface area (Å²) in [7, 11) is 0. The fourth-order valence-electron chi connectivity index (χ4n) is 4.58. The molecule has 4 rings (SSSR count). The molecule has 0 aliphatic carbocycles. The van der Waals surface area contributed by atoms with Crippen LogP contribution in [0.2, 0.25) is 0 Å². The summed E-state index contributed by atoms with van der Waals surface area (Å²) in [4.78, 5) is 24.2. The molecular weight excluding hydrogens is 429 g/mol. The van der Waals surface area contributed by atoms with Crippen LogP contribution >= 0.6 is 0 Å². The van der Waals surface area contributed by atoms with Crippen LogP contribution in [0.4, 0.5) is 10.1 Å². The molecule has 1 amide bonds. The third-order valence-corrected chi connectivity index (χ3v) is 6.88. The Balaban J connectivity index is 1.57. The van der Waals surface area contributed by atoms with Gasteiger partial charge >= 0.3 is 0 Å². The highest BCUT2D eigenvalue weighted by molar-refractivity contribution is 5.95. The minimum absolute atomic E-state index is 0.0890. The first-order valence-corrected chi connectivity index (χ1v) is 11.4. The lowest BCUT2D eigenvalue weighted by atomic mass is 9.80. The first-order valence-electron chi connectivity index (χ1n) is 11.4. The van der Waals surface area contributed by atoms with Gasteiger partial charge in [0.15, 0.2) is 0 Å². The van der Waals surface area contributed by atoms with Crippen LogP contribution < -0.4 is 5.32 Å². The molecular formula is C27H28FN5O. The second kappa shape index (κ2) is 9.70. The molecule has 34 heavy (non-hydrogen) atoms. The monoisotopic (exact) mass is 457 g/mol. The summed E-state index contributed by atoms with van der Waals surface area (Å²) < 4.78 is 13.3. The fraction of sp³-hybridized carbons (Fsp3) is 0.333. The molecule has 1 aliphatic rings. The van der Waals surface area contributed by atoms with E-state index in [-0.39, 0.29) is 11.4 Å². The summed E-state index contributed by atoms with van der Waals surface area (Å²) in [5, 5.41) is 12.0. The van der Waals surface area contributed by atoms with Crippen molar-refractivity contribution in [1.29, 1.82) is 5.26 Å². The Morgan fingerprint density at radius 1 is 1.18 bits per heavy atom. The lowest BCUT2D eigenvalue weighted by Crippen LogP contribution is -2.45.